The monoisotopic (exact) mass is 216 g/mol. The van der Waals surface area contributed by atoms with Gasteiger partial charge in [-0.15, -0.1) is 0 Å². The van der Waals surface area contributed by atoms with Crippen molar-refractivity contribution in [3.05, 3.63) is 41.2 Å². The van der Waals surface area contributed by atoms with Crippen molar-refractivity contribution in [2.75, 3.05) is 7.11 Å². The quantitative estimate of drug-likeness (QED) is 0.560. The molecule has 0 aliphatic heterocycles. The number of carbonyl (C=O) groups excluding carboxylic acids is 1. The molecular formula is C10H7F3O2. The van der Waals surface area contributed by atoms with Crippen LogP contribution >= 0.6 is 0 Å². The summed E-state index contributed by atoms with van der Waals surface area (Å²) in [6.45, 7) is 0. The van der Waals surface area contributed by atoms with Gasteiger partial charge in [-0.25, -0.2) is 13.6 Å². The summed E-state index contributed by atoms with van der Waals surface area (Å²) in [5, 5.41) is 0. The van der Waals surface area contributed by atoms with Gasteiger partial charge in [0.1, 0.15) is 11.6 Å². The van der Waals surface area contributed by atoms with Gasteiger partial charge in [0.05, 0.1) is 7.11 Å². The molecule has 1 rings (SSSR count). The SMILES string of the molecule is COC(=O)C(F)=Cc1ccc(F)cc1F. The van der Waals surface area contributed by atoms with Crippen LogP contribution in [0.25, 0.3) is 6.08 Å². The van der Waals surface area contributed by atoms with E-state index in [0.29, 0.717) is 12.1 Å². The fourth-order valence-electron chi connectivity index (χ4n) is 0.912. The first-order chi connectivity index (χ1) is 7.04. The van der Waals surface area contributed by atoms with Crippen LogP contribution in [0.3, 0.4) is 0 Å². The van der Waals surface area contributed by atoms with Crippen molar-refractivity contribution in [3.8, 4) is 0 Å². The van der Waals surface area contributed by atoms with Gasteiger partial charge >= 0.3 is 5.97 Å². The van der Waals surface area contributed by atoms with E-state index in [-0.39, 0.29) is 5.56 Å². The molecule has 0 saturated heterocycles. The average molecular weight is 216 g/mol. The number of rotatable bonds is 2. The van der Waals surface area contributed by atoms with Gasteiger partial charge in [-0.2, -0.15) is 4.39 Å². The highest BCUT2D eigenvalue weighted by atomic mass is 19.1. The number of hydrogen-bond donors (Lipinski definition) is 0. The Hall–Kier alpha value is -1.78. The minimum atomic E-state index is -1.25. The molecule has 0 unspecified atom stereocenters. The average Bonchev–Trinajstić information content (AvgIpc) is 2.20. The Bertz CT molecular complexity index is 413. The number of esters is 1. The third-order valence-corrected chi connectivity index (χ3v) is 1.63. The second kappa shape index (κ2) is 4.63. The summed E-state index contributed by atoms with van der Waals surface area (Å²) in [6, 6.07) is 2.57. The van der Waals surface area contributed by atoms with Crippen LogP contribution in [-0.2, 0) is 9.53 Å². The van der Waals surface area contributed by atoms with Gasteiger partial charge in [0.25, 0.3) is 0 Å². The van der Waals surface area contributed by atoms with E-state index in [1.54, 1.807) is 0 Å². The zero-order valence-electron chi connectivity index (χ0n) is 7.76. The Balaban J connectivity index is 3.03. The minimum absolute atomic E-state index is 0.223. The van der Waals surface area contributed by atoms with Crippen molar-refractivity contribution in [2.45, 2.75) is 0 Å². The van der Waals surface area contributed by atoms with Crippen LogP contribution in [0.4, 0.5) is 13.2 Å². The molecule has 1 aromatic rings. The molecular weight excluding hydrogens is 209 g/mol. The molecule has 0 fully saturated rings. The van der Waals surface area contributed by atoms with Gasteiger partial charge in [0.15, 0.2) is 0 Å². The molecule has 0 saturated carbocycles. The van der Waals surface area contributed by atoms with Crippen LogP contribution in [-0.4, -0.2) is 13.1 Å². The topological polar surface area (TPSA) is 26.3 Å². The second-order valence-corrected chi connectivity index (χ2v) is 2.65. The zero-order chi connectivity index (χ0) is 11.4. The lowest BCUT2D eigenvalue weighted by Gasteiger charge is -1.98. The zero-order valence-corrected chi connectivity index (χ0v) is 7.76. The Labute approximate surface area is 84.0 Å². The van der Waals surface area contributed by atoms with E-state index < -0.39 is 23.4 Å². The number of ether oxygens (including phenoxy) is 1. The van der Waals surface area contributed by atoms with E-state index in [9.17, 15) is 18.0 Å². The van der Waals surface area contributed by atoms with Gasteiger partial charge < -0.3 is 4.74 Å². The number of benzene rings is 1. The van der Waals surface area contributed by atoms with Crippen LogP contribution in [0.1, 0.15) is 5.56 Å². The molecule has 0 heterocycles. The Morgan fingerprint density at radius 1 is 1.40 bits per heavy atom. The van der Waals surface area contributed by atoms with Crippen LogP contribution in [0, 0.1) is 11.6 Å². The molecule has 0 aliphatic carbocycles. The third kappa shape index (κ3) is 2.83. The number of hydrogen-bond acceptors (Lipinski definition) is 2. The van der Waals surface area contributed by atoms with Crippen molar-refractivity contribution in [2.24, 2.45) is 0 Å². The van der Waals surface area contributed by atoms with Gasteiger partial charge in [-0.3, -0.25) is 0 Å². The number of halogens is 3. The lowest BCUT2D eigenvalue weighted by molar-refractivity contribution is -0.137. The van der Waals surface area contributed by atoms with Gasteiger partial charge in [-0.1, -0.05) is 0 Å². The Morgan fingerprint density at radius 3 is 2.60 bits per heavy atom. The molecule has 0 spiro atoms. The molecule has 0 amide bonds. The van der Waals surface area contributed by atoms with Gasteiger partial charge in [0.2, 0.25) is 5.83 Å². The Morgan fingerprint density at radius 2 is 2.07 bits per heavy atom. The molecule has 0 radical (unpaired) electrons. The normalized spacial score (nSPS) is 11.3. The molecule has 0 aliphatic rings. The molecule has 1 aromatic carbocycles. The maximum absolute atomic E-state index is 13.0. The van der Waals surface area contributed by atoms with Crippen molar-refractivity contribution < 1.29 is 22.7 Å². The van der Waals surface area contributed by atoms with E-state index in [0.717, 1.165) is 19.2 Å². The molecule has 5 heteroatoms. The third-order valence-electron chi connectivity index (χ3n) is 1.63. The molecule has 0 atom stereocenters. The first kappa shape index (κ1) is 11.3. The summed E-state index contributed by atoms with van der Waals surface area (Å²) in [6.07, 6.45) is 0.639. The molecule has 80 valence electrons. The first-order valence-electron chi connectivity index (χ1n) is 3.95. The predicted molar refractivity (Wildman–Crippen MR) is 47.5 cm³/mol. The van der Waals surface area contributed by atoms with Crippen LogP contribution in [0.2, 0.25) is 0 Å². The predicted octanol–water partition coefficient (Wildman–Crippen LogP) is 2.45. The smallest absolute Gasteiger partial charge is 0.366 e. The largest absolute Gasteiger partial charge is 0.464 e. The molecule has 2 nitrogen and oxygen atoms in total. The van der Waals surface area contributed by atoms with Crippen LogP contribution in [0.15, 0.2) is 24.0 Å². The van der Waals surface area contributed by atoms with Gasteiger partial charge in [0, 0.05) is 11.6 Å². The summed E-state index contributed by atoms with van der Waals surface area (Å²) in [7, 11) is 0.997. The minimum Gasteiger partial charge on any atom is -0.464 e. The van der Waals surface area contributed by atoms with E-state index in [1.165, 1.54) is 0 Å². The van der Waals surface area contributed by atoms with Crippen LogP contribution < -0.4 is 0 Å². The lowest BCUT2D eigenvalue weighted by Crippen LogP contribution is -2.00. The first-order valence-corrected chi connectivity index (χ1v) is 3.95. The summed E-state index contributed by atoms with van der Waals surface area (Å²) < 4.78 is 42.4. The van der Waals surface area contributed by atoms with Crippen molar-refractivity contribution in [1.82, 2.24) is 0 Å². The van der Waals surface area contributed by atoms with Crippen LogP contribution in [0.5, 0.6) is 0 Å². The maximum atomic E-state index is 13.0. The lowest BCUT2D eigenvalue weighted by atomic mass is 10.2. The highest BCUT2D eigenvalue weighted by Gasteiger charge is 2.10. The summed E-state index contributed by atoms with van der Waals surface area (Å²) in [5.41, 5.74) is -0.223. The fourth-order valence-corrected chi connectivity index (χ4v) is 0.912. The second-order valence-electron chi connectivity index (χ2n) is 2.65. The molecule has 0 aromatic heterocycles. The summed E-state index contributed by atoms with van der Waals surface area (Å²) in [4.78, 5) is 10.6. The highest BCUT2D eigenvalue weighted by molar-refractivity contribution is 5.91. The van der Waals surface area contributed by atoms with E-state index in [1.807, 2.05) is 0 Å². The summed E-state index contributed by atoms with van der Waals surface area (Å²) in [5.74, 6) is -4.18. The van der Waals surface area contributed by atoms with E-state index in [2.05, 4.69) is 4.74 Å². The van der Waals surface area contributed by atoms with Crippen molar-refractivity contribution in [3.63, 3.8) is 0 Å². The highest BCUT2D eigenvalue weighted by Crippen LogP contribution is 2.14. The van der Waals surface area contributed by atoms with Crippen molar-refractivity contribution >= 4 is 12.0 Å². The van der Waals surface area contributed by atoms with E-state index >= 15 is 0 Å². The van der Waals surface area contributed by atoms with E-state index in [4.69, 9.17) is 0 Å². The standard InChI is InChI=1S/C10H7F3O2/c1-15-10(14)9(13)4-6-2-3-7(11)5-8(6)12/h2-5H,1H3. The number of methoxy groups -OCH3 is 1. The summed E-state index contributed by atoms with van der Waals surface area (Å²) >= 11 is 0. The molecule has 0 N–H and O–H groups in total. The number of carbonyl (C=O) groups is 1. The van der Waals surface area contributed by atoms with Crippen molar-refractivity contribution in [1.29, 1.82) is 0 Å². The van der Waals surface area contributed by atoms with Gasteiger partial charge in [-0.05, 0) is 18.2 Å². The maximum Gasteiger partial charge on any atom is 0.366 e. The molecule has 15 heavy (non-hydrogen) atoms. The Kier molecular flexibility index (Phi) is 3.49. The fraction of sp³-hybridized carbons (Fsp3) is 0.100. The molecule has 0 bridgehead atoms.